The summed E-state index contributed by atoms with van der Waals surface area (Å²) in [6.07, 6.45) is 2.03. The number of halogens is 1. The van der Waals surface area contributed by atoms with Crippen molar-refractivity contribution >= 4 is 17.5 Å². The molecule has 3 N–H and O–H groups in total. The number of carbonyl (C=O) groups excluding carboxylic acids is 1. The minimum atomic E-state index is 0.0634. The molecule has 0 aromatic heterocycles. The summed E-state index contributed by atoms with van der Waals surface area (Å²) in [6, 6.07) is 7.57. The number of hydrogen-bond donors (Lipinski definition) is 2. The Labute approximate surface area is 101 Å². The molecule has 4 heteroatoms. The van der Waals surface area contributed by atoms with Crippen LogP contribution in [0.3, 0.4) is 0 Å². The predicted octanol–water partition coefficient (Wildman–Crippen LogP) is 1.74. The molecule has 0 aliphatic heterocycles. The summed E-state index contributed by atoms with van der Waals surface area (Å²) in [5.41, 5.74) is 6.42. The van der Waals surface area contributed by atoms with Crippen molar-refractivity contribution in [2.24, 2.45) is 5.73 Å². The van der Waals surface area contributed by atoms with Crippen molar-refractivity contribution < 1.29 is 4.79 Å². The third-order valence-corrected chi connectivity index (χ3v) is 2.47. The largest absolute Gasteiger partial charge is 0.356 e. The molecule has 0 heterocycles. The van der Waals surface area contributed by atoms with Crippen LogP contribution in [0.1, 0.15) is 18.4 Å². The van der Waals surface area contributed by atoms with Gasteiger partial charge in [0, 0.05) is 18.0 Å². The van der Waals surface area contributed by atoms with Gasteiger partial charge in [0.2, 0.25) is 5.91 Å². The van der Waals surface area contributed by atoms with E-state index in [0.717, 1.165) is 18.4 Å². The molecular formula is C12H17ClN2O. The molecule has 1 aromatic carbocycles. The van der Waals surface area contributed by atoms with Gasteiger partial charge in [-0.25, -0.2) is 0 Å². The van der Waals surface area contributed by atoms with E-state index in [1.54, 1.807) is 0 Å². The van der Waals surface area contributed by atoms with Gasteiger partial charge in [0.25, 0.3) is 0 Å². The standard InChI is InChI=1S/C12H17ClN2O/c13-11-4-1-3-10(9-11)5-6-12(16)15-8-2-7-14/h1,3-4,9H,2,5-8,14H2,(H,15,16). The lowest BCUT2D eigenvalue weighted by atomic mass is 10.1. The lowest BCUT2D eigenvalue weighted by molar-refractivity contribution is -0.121. The van der Waals surface area contributed by atoms with Crippen molar-refractivity contribution in [1.29, 1.82) is 0 Å². The number of aryl methyl sites for hydroxylation is 1. The Morgan fingerprint density at radius 2 is 2.25 bits per heavy atom. The first kappa shape index (κ1) is 13.0. The predicted molar refractivity (Wildman–Crippen MR) is 66.5 cm³/mol. The molecule has 16 heavy (non-hydrogen) atoms. The summed E-state index contributed by atoms with van der Waals surface area (Å²) in [4.78, 5) is 11.4. The van der Waals surface area contributed by atoms with Gasteiger partial charge in [-0.2, -0.15) is 0 Å². The van der Waals surface area contributed by atoms with E-state index < -0.39 is 0 Å². The average Bonchev–Trinajstić information content (AvgIpc) is 2.27. The normalized spacial score (nSPS) is 10.1. The van der Waals surface area contributed by atoms with Crippen molar-refractivity contribution in [2.45, 2.75) is 19.3 Å². The van der Waals surface area contributed by atoms with Gasteiger partial charge >= 0.3 is 0 Å². The van der Waals surface area contributed by atoms with Gasteiger partial charge in [-0.1, -0.05) is 23.7 Å². The SMILES string of the molecule is NCCCNC(=O)CCc1cccc(Cl)c1. The van der Waals surface area contributed by atoms with Crippen molar-refractivity contribution in [3.63, 3.8) is 0 Å². The molecule has 0 saturated carbocycles. The molecule has 3 nitrogen and oxygen atoms in total. The van der Waals surface area contributed by atoms with Crippen LogP contribution in [0.5, 0.6) is 0 Å². The maximum absolute atomic E-state index is 11.4. The maximum atomic E-state index is 11.4. The molecule has 0 unspecified atom stereocenters. The van der Waals surface area contributed by atoms with Crippen LogP contribution in [-0.4, -0.2) is 19.0 Å². The second-order valence-electron chi connectivity index (χ2n) is 3.62. The summed E-state index contributed by atoms with van der Waals surface area (Å²) in [6.45, 7) is 1.26. The molecule has 0 aliphatic rings. The summed E-state index contributed by atoms with van der Waals surface area (Å²) in [5.74, 6) is 0.0634. The highest BCUT2D eigenvalue weighted by molar-refractivity contribution is 6.30. The van der Waals surface area contributed by atoms with Crippen LogP contribution in [0.4, 0.5) is 0 Å². The molecule has 0 radical (unpaired) electrons. The Kier molecular flexibility index (Phi) is 5.90. The number of hydrogen-bond acceptors (Lipinski definition) is 2. The number of nitrogens with two attached hydrogens (primary N) is 1. The van der Waals surface area contributed by atoms with Crippen molar-refractivity contribution in [2.75, 3.05) is 13.1 Å². The van der Waals surface area contributed by atoms with Gasteiger partial charge in [-0.3, -0.25) is 4.79 Å². The van der Waals surface area contributed by atoms with Crippen LogP contribution in [0.2, 0.25) is 5.02 Å². The van der Waals surface area contributed by atoms with E-state index in [1.807, 2.05) is 24.3 Å². The molecule has 0 spiro atoms. The Bertz CT molecular complexity index is 342. The molecule has 0 bridgehead atoms. The number of carbonyl (C=O) groups is 1. The van der Waals surface area contributed by atoms with E-state index in [0.29, 0.717) is 24.5 Å². The summed E-state index contributed by atoms with van der Waals surface area (Å²) in [7, 11) is 0. The van der Waals surface area contributed by atoms with Crippen LogP contribution in [0.15, 0.2) is 24.3 Å². The maximum Gasteiger partial charge on any atom is 0.220 e. The second kappa shape index (κ2) is 7.25. The monoisotopic (exact) mass is 240 g/mol. The zero-order chi connectivity index (χ0) is 11.8. The molecular weight excluding hydrogens is 224 g/mol. The van der Waals surface area contributed by atoms with E-state index >= 15 is 0 Å². The van der Waals surface area contributed by atoms with Gasteiger partial charge in [-0.15, -0.1) is 0 Å². The topological polar surface area (TPSA) is 55.1 Å². The zero-order valence-electron chi connectivity index (χ0n) is 9.21. The third-order valence-electron chi connectivity index (χ3n) is 2.23. The summed E-state index contributed by atoms with van der Waals surface area (Å²) >= 11 is 5.85. The first-order valence-electron chi connectivity index (χ1n) is 5.43. The Morgan fingerprint density at radius 3 is 2.94 bits per heavy atom. The number of nitrogens with one attached hydrogen (secondary N) is 1. The number of amides is 1. The van der Waals surface area contributed by atoms with Crippen LogP contribution in [-0.2, 0) is 11.2 Å². The van der Waals surface area contributed by atoms with E-state index in [2.05, 4.69) is 5.32 Å². The average molecular weight is 241 g/mol. The van der Waals surface area contributed by atoms with Gasteiger partial charge in [0.1, 0.15) is 0 Å². The van der Waals surface area contributed by atoms with Gasteiger partial charge in [-0.05, 0) is 37.1 Å². The van der Waals surface area contributed by atoms with Crippen LogP contribution >= 0.6 is 11.6 Å². The van der Waals surface area contributed by atoms with Crippen LogP contribution in [0, 0.1) is 0 Å². The molecule has 0 atom stereocenters. The minimum absolute atomic E-state index is 0.0634. The summed E-state index contributed by atoms with van der Waals surface area (Å²) < 4.78 is 0. The molecule has 1 amide bonds. The lowest BCUT2D eigenvalue weighted by Gasteiger charge is -2.04. The molecule has 88 valence electrons. The fourth-order valence-corrected chi connectivity index (χ4v) is 1.58. The fraction of sp³-hybridized carbons (Fsp3) is 0.417. The van der Waals surface area contributed by atoms with E-state index in [1.165, 1.54) is 0 Å². The Balaban J connectivity index is 2.26. The first-order valence-corrected chi connectivity index (χ1v) is 5.81. The fourth-order valence-electron chi connectivity index (χ4n) is 1.37. The smallest absolute Gasteiger partial charge is 0.220 e. The highest BCUT2D eigenvalue weighted by Gasteiger charge is 2.01. The Morgan fingerprint density at radius 1 is 1.44 bits per heavy atom. The Hall–Kier alpha value is -1.06. The molecule has 0 saturated heterocycles. The third kappa shape index (κ3) is 5.14. The lowest BCUT2D eigenvalue weighted by Crippen LogP contribution is -2.26. The van der Waals surface area contributed by atoms with E-state index in [9.17, 15) is 4.79 Å². The van der Waals surface area contributed by atoms with Crippen molar-refractivity contribution in [3.8, 4) is 0 Å². The van der Waals surface area contributed by atoms with Crippen LogP contribution < -0.4 is 11.1 Å². The summed E-state index contributed by atoms with van der Waals surface area (Å²) in [5, 5.41) is 3.53. The van der Waals surface area contributed by atoms with Crippen molar-refractivity contribution in [3.05, 3.63) is 34.9 Å². The number of rotatable bonds is 6. The minimum Gasteiger partial charge on any atom is -0.356 e. The highest BCUT2D eigenvalue weighted by Crippen LogP contribution is 2.11. The van der Waals surface area contributed by atoms with Gasteiger partial charge in [0.05, 0.1) is 0 Å². The molecule has 0 fully saturated rings. The van der Waals surface area contributed by atoms with Crippen molar-refractivity contribution in [1.82, 2.24) is 5.32 Å². The first-order chi connectivity index (χ1) is 7.72. The zero-order valence-corrected chi connectivity index (χ0v) is 9.96. The van der Waals surface area contributed by atoms with Gasteiger partial charge < -0.3 is 11.1 Å². The second-order valence-corrected chi connectivity index (χ2v) is 4.06. The van der Waals surface area contributed by atoms with Gasteiger partial charge in [0.15, 0.2) is 0 Å². The number of benzene rings is 1. The highest BCUT2D eigenvalue weighted by atomic mass is 35.5. The van der Waals surface area contributed by atoms with E-state index in [4.69, 9.17) is 17.3 Å². The molecule has 1 rings (SSSR count). The molecule has 1 aromatic rings. The van der Waals surface area contributed by atoms with Crippen LogP contribution in [0.25, 0.3) is 0 Å². The molecule has 0 aliphatic carbocycles. The van der Waals surface area contributed by atoms with E-state index in [-0.39, 0.29) is 5.91 Å². The quantitative estimate of drug-likeness (QED) is 0.745.